The van der Waals surface area contributed by atoms with Crippen molar-refractivity contribution in [3.8, 4) is 0 Å². The van der Waals surface area contributed by atoms with Crippen molar-refractivity contribution in [1.29, 1.82) is 0 Å². The van der Waals surface area contributed by atoms with Crippen molar-refractivity contribution in [2.75, 3.05) is 66.1 Å². The lowest BCUT2D eigenvalue weighted by molar-refractivity contribution is -0.0341. The highest BCUT2D eigenvalue weighted by Crippen LogP contribution is 2.16. The van der Waals surface area contributed by atoms with Crippen molar-refractivity contribution < 1.29 is 23.7 Å². The molecule has 0 amide bonds. The Kier molecular flexibility index (Phi) is 25.6. The van der Waals surface area contributed by atoms with Gasteiger partial charge in [-0.15, -0.1) is 0 Å². The van der Waals surface area contributed by atoms with Crippen LogP contribution in [-0.2, 0) is 23.7 Å². The molecule has 0 bridgehead atoms. The summed E-state index contributed by atoms with van der Waals surface area (Å²) in [6.45, 7) is 8.85. The molecule has 0 aromatic carbocycles. The maximum absolute atomic E-state index is 5.85. The summed E-state index contributed by atoms with van der Waals surface area (Å²) < 4.78 is 28.2. The fraction of sp³-hybridized carbons (Fsp3) is 1.00. The Morgan fingerprint density at radius 2 is 0.676 bits per heavy atom. The first-order valence-electron chi connectivity index (χ1n) is 14.8. The van der Waals surface area contributed by atoms with E-state index in [9.17, 15) is 0 Å². The van der Waals surface area contributed by atoms with Gasteiger partial charge in [0, 0.05) is 5.92 Å². The van der Waals surface area contributed by atoms with E-state index in [1.807, 2.05) is 0 Å². The topological polar surface area (TPSA) is 46.2 Å². The zero-order valence-corrected chi connectivity index (χ0v) is 22.7. The van der Waals surface area contributed by atoms with Crippen LogP contribution in [0.4, 0.5) is 0 Å². The highest BCUT2D eigenvalue weighted by molar-refractivity contribution is 4.59. The van der Waals surface area contributed by atoms with E-state index in [1.165, 1.54) is 109 Å². The summed E-state index contributed by atoms with van der Waals surface area (Å²) in [5.74, 6) is 0.475. The van der Waals surface area contributed by atoms with Crippen molar-refractivity contribution in [2.24, 2.45) is 5.92 Å². The number of hydrogen-bond acceptors (Lipinski definition) is 5. The van der Waals surface area contributed by atoms with Crippen LogP contribution in [0, 0.1) is 5.92 Å². The Labute approximate surface area is 212 Å². The lowest BCUT2D eigenvalue weighted by atomic mass is 10.0. The van der Waals surface area contributed by atoms with E-state index in [4.69, 9.17) is 23.7 Å². The van der Waals surface area contributed by atoms with E-state index >= 15 is 0 Å². The molecule has 0 spiro atoms. The molecule has 0 aromatic heterocycles. The normalized spacial score (nSPS) is 18.3. The van der Waals surface area contributed by atoms with Gasteiger partial charge in [0.15, 0.2) is 0 Å². The second-order valence-electron chi connectivity index (χ2n) is 9.94. The van der Waals surface area contributed by atoms with E-state index in [0.717, 1.165) is 13.2 Å². The predicted octanol–water partition coefficient (Wildman–Crippen LogP) is 7.35. The quantitative estimate of drug-likeness (QED) is 0.201. The third kappa shape index (κ3) is 23.5. The number of rotatable bonds is 17. The van der Waals surface area contributed by atoms with Crippen LogP contribution in [-0.4, -0.2) is 66.1 Å². The van der Waals surface area contributed by atoms with E-state index in [0.29, 0.717) is 58.8 Å². The first-order valence-corrected chi connectivity index (χ1v) is 14.8. The molecule has 0 radical (unpaired) electrons. The van der Waals surface area contributed by atoms with Gasteiger partial charge in [-0.1, -0.05) is 110 Å². The fourth-order valence-corrected chi connectivity index (χ4v) is 4.47. The molecule has 0 unspecified atom stereocenters. The Bertz CT molecular complexity index is 364. The van der Waals surface area contributed by atoms with Gasteiger partial charge >= 0.3 is 0 Å². The highest BCUT2D eigenvalue weighted by atomic mass is 16.6. The average Bonchev–Trinajstić information content (AvgIpc) is 2.84. The van der Waals surface area contributed by atoms with Crippen molar-refractivity contribution in [3.63, 3.8) is 0 Å². The molecule has 1 saturated heterocycles. The molecule has 0 aliphatic carbocycles. The SMILES string of the molecule is CCCCCCCCCCCCCCCCCCC1COCCOCCOCCOCCOC1. The van der Waals surface area contributed by atoms with Gasteiger partial charge in [-0.3, -0.25) is 0 Å². The van der Waals surface area contributed by atoms with Gasteiger partial charge in [0.1, 0.15) is 0 Å². The smallest absolute Gasteiger partial charge is 0.0701 e. The minimum absolute atomic E-state index is 0.475. The molecule has 5 nitrogen and oxygen atoms in total. The van der Waals surface area contributed by atoms with Crippen LogP contribution in [0.1, 0.15) is 116 Å². The average molecular weight is 487 g/mol. The van der Waals surface area contributed by atoms with Crippen LogP contribution in [0.5, 0.6) is 0 Å². The molecule has 0 aromatic rings. The van der Waals surface area contributed by atoms with Crippen LogP contribution in [0.2, 0.25) is 0 Å². The van der Waals surface area contributed by atoms with Gasteiger partial charge in [-0.2, -0.15) is 0 Å². The van der Waals surface area contributed by atoms with E-state index < -0.39 is 0 Å². The van der Waals surface area contributed by atoms with Gasteiger partial charge in [-0.25, -0.2) is 0 Å². The van der Waals surface area contributed by atoms with E-state index in [-0.39, 0.29) is 0 Å². The minimum atomic E-state index is 0.475. The molecule has 1 aliphatic heterocycles. The van der Waals surface area contributed by atoms with E-state index in [1.54, 1.807) is 0 Å². The van der Waals surface area contributed by atoms with Crippen molar-refractivity contribution in [1.82, 2.24) is 0 Å². The van der Waals surface area contributed by atoms with Crippen LogP contribution < -0.4 is 0 Å². The number of hydrogen-bond donors (Lipinski definition) is 0. The minimum Gasteiger partial charge on any atom is -0.379 e. The predicted molar refractivity (Wildman–Crippen MR) is 142 cm³/mol. The van der Waals surface area contributed by atoms with Crippen LogP contribution in [0.3, 0.4) is 0 Å². The highest BCUT2D eigenvalue weighted by Gasteiger charge is 2.10. The molecule has 1 rings (SSSR count). The van der Waals surface area contributed by atoms with Gasteiger partial charge in [0.05, 0.1) is 66.1 Å². The summed E-state index contributed by atoms with van der Waals surface area (Å²) in [5.41, 5.74) is 0. The first kappa shape index (κ1) is 31.8. The zero-order valence-electron chi connectivity index (χ0n) is 22.7. The standard InChI is InChI=1S/C29H58O5/c1-2-3-4-5-6-7-8-9-10-11-12-13-14-15-16-17-18-29-27-33-25-23-31-21-19-30-20-22-32-24-26-34-28-29/h29H,2-28H2,1H3. The molecule has 0 N–H and O–H groups in total. The summed E-state index contributed by atoms with van der Waals surface area (Å²) in [7, 11) is 0. The summed E-state index contributed by atoms with van der Waals surface area (Å²) in [5, 5.41) is 0. The van der Waals surface area contributed by atoms with Crippen LogP contribution in [0.25, 0.3) is 0 Å². The Morgan fingerprint density at radius 1 is 0.382 bits per heavy atom. The maximum atomic E-state index is 5.85. The van der Waals surface area contributed by atoms with Gasteiger partial charge in [0.25, 0.3) is 0 Å². The monoisotopic (exact) mass is 486 g/mol. The molecule has 1 heterocycles. The fourth-order valence-electron chi connectivity index (χ4n) is 4.47. The first-order chi connectivity index (χ1) is 16.9. The molecule has 0 atom stereocenters. The lowest BCUT2D eigenvalue weighted by Gasteiger charge is -2.18. The third-order valence-electron chi connectivity index (χ3n) is 6.66. The van der Waals surface area contributed by atoms with Crippen LogP contribution >= 0.6 is 0 Å². The van der Waals surface area contributed by atoms with Crippen molar-refractivity contribution >= 4 is 0 Å². The molecule has 34 heavy (non-hydrogen) atoms. The van der Waals surface area contributed by atoms with Crippen LogP contribution in [0.15, 0.2) is 0 Å². The van der Waals surface area contributed by atoms with Gasteiger partial charge in [0.2, 0.25) is 0 Å². The summed E-state index contributed by atoms with van der Waals surface area (Å²) in [4.78, 5) is 0. The third-order valence-corrected chi connectivity index (χ3v) is 6.66. The molecule has 1 fully saturated rings. The summed E-state index contributed by atoms with van der Waals surface area (Å²) in [6, 6.07) is 0. The largest absolute Gasteiger partial charge is 0.379 e. The van der Waals surface area contributed by atoms with E-state index in [2.05, 4.69) is 6.92 Å². The molecule has 0 saturated carbocycles. The Morgan fingerprint density at radius 3 is 1.03 bits per heavy atom. The number of ether oxygens (including phenoxy) is 5. The zero-order chi connectivity index (χ0) is 24.2. The Balaban J connectivity index is 1.93. The molecular formula is C29H58O5. The lowest BCUT2D eigenvalue weighted by Crippen LogP contribution is -2.21. The molecule has 5 heteroatoms. The molecular weight excluding hydrogens is 428 g/mol. The summed E-state index contributed by atoms with van der Waals surface area (Å²) >= 11 is 0. The van der Waals surface area contributed by atoms with Gasteiger partial charge < -0.3 is 23.7 Å². The Hall–Kier alpha value is -0.200. The molecule has 204 valence electrons. The maximum Gasteiger partial charge on any atom is 0.0701 e. The summed E-state index contributed by atoms with van der Waals surface area (Å²) in [6.07, 6.45) is 23.8. The number of unbranched alkanes of at least 4 members (excludes halogenated alkanes) is 15. The van der Waals surface area contributed by atoms with Crippen molar-refractivity contribution in [2.45, 2.75) is 116 Å². The second kappa shape index (κ2) is 27.4. The van der Waals surface area contributed by atoms with Gasteiger partial charge in [-0.05, 0) is 6.42 Å². The second-order valence-corrected chi connectivity index (χ2v) is 9.94. The van der Waals surface area contributed by atoms with Crippen molar-refractivity contribution in [3.05, 3.63) is 0 Å². The molecule has 1 aliphatic rings.